The van der Waals surface area contributed by atoms with Crippen LogP contribution in [0.25, 0.3) is 0 Å². The maximum Gasteiger partial charge on any atom is 0.328 e. The molecule has 0 spiro atoms. The van der Waals surface area contributed by atoms with E-state index in [1.807, 2.05) is 13.8 Å². The van der Waals surface area contributed by atoms with Gasteiger partial charge in [-0.05, 0) is 55.5 Å². The van der Waals surface area contributed by atoms with Crippen molar-refractivity contribution < 1.29 is 33.9 Å². The fourth-order valence-electron chi connectivity index (χ4n) is 4.55. The summed E-state index contributed by atoms with van der Waals surface area (Å²) in [6.45, 7) is 3.95. The predicted octanol–water partition coefficient (Wildman–Crippen LogP) is 1.26. The fraction of sp³-hybridized carbons (Fsp3) is 0.542. The molecule has 11 heteroatoms. The van der Waals surface area contributed by atoms with Crippen LogP contribution in [0.2, 0.25) is 0 Å². The lowest BCUT2D eigenvalue weighted by molar-refractivity contribution is -0.132. The minimum absolute atomic E-state index is 0.0333. The van der Waals surface area contributed by atoms with E-state index in [1.54, 1.807) is 23.1 Å². The summed E-state index contributed by atoms with van der Waals surface area (Å²) in [4.78, 5) is 5.49. The zero-order valence-corrected chi connectivity index (χ0v) is 19.6. The Hall–Kier alpha value is -2.25. The molecular weight excluding hydrogens is 462 g/mol. The van der Waals surface area contributed by atoms with Gasteiger partial charge in [-0.15, -0.1) is 0 Å². The molecule has 1 aromatic carbocycles. The quantitative estimate of drug-likeness (QED) is 0.301. The second kappa shape index (κ2) is 10.4. The number of halogens is 2. The van der Waals surface area contributed by atoms with Crippen LogP contribution in [0.1, 0.15) is 55.3 Å². The van der Waals surface area contributed by atoms with Gasteiger partial charge in [-0.3, -0.25) is 20.5 Å². The molecule has 2 aliphatic rings. The van der Waals surface area contributed by atoms with E-state index in [4.69, 9.17) is 4.74 Å². The van der Waals surface area contributed by atoms with Crippen molar-refractivity contribution in [1.82, 2.24) is 20.5 Å². The first-order valence-corrected chi connectivity index (χ1v) is 11.7. The highest BCUT2D eigenvalue weighted by Gasteiger charge is 2.42. The van der Waals surface area contributed by atoms with Crippen molar-refractivity contribution >= 4 is 0 Å². The molecule has 0 amide bonds. The van der Waals surface area contributed by atoms with Crippen LogP contribution in [-0.4, -0.2) is 61.1 Å². The fourth-order valence-corrected chi connectivity index (χ4v) is 4.55. The average molecular weight is 495 g/mol. The molecule has 1 saturated heterocycles. The number of nitrogens with zero attached hydrogens (tertiary/aromatic N) is 2. The number of aliphatic hydroxyl groups excluding tert-OH is 4. The van der Waals surface area contributed by atoms with E-state index in [0.717, 1.165) is 11.6 Å². The Labute approximate surface area is 202 Å². The van der Waals surface area contributed by atoms with E-state index >= 15 is 0 Å². The second-order valence-corrected chi connectivity index (χ2v) is 9.30. The Morgan fingerprint density at radius 3 is 2.63 bits per heavy atom. The number of piperidine rings is 1. The lowest BCUT2D eigenvalue weighted by Gasteiger charge is -2.39. The van der Waals surface area contributed by atoms with Crippen molar-refractivity contribution in [2.75, 3.05) is 0 Å². The zero-order valence-electron chi connectivity index (χ0n) is 19.6. The molecule has 0 saturated carbocycles. The number of hydrogen-bond donors (Lipinski definition) is 6. The number of ether oxygens (including phenoxy) is 1. The van der Waals surface area contributed by atoms with Gasteiger partial charge < -0.3 is 25.2 Å². The first-order valence-electron chi connectivity index (χ1n) is 11.7. The average Bonchev–Trinajstić information content (AvgIpc) is 3.13. The summed E-state index contributed by atoms with van der Waals surface area (Å²) < 4.78 is 34.9. The highest BCUT2D eigenvalue weighted by atomic mass is 19.3. The van der Waals surface area contributed by atoms with Gasteiger partial charge in [-0.2, -0.15) is 8.78 Å². The molecule has 1 aromatic heterocycles. The molecule has 1 fully saturated rings. The van der Waals surface area contributed by atoms with Crippen LogP contribution in [0.4, 0.5) is 8.78 Å². The van der Waals surface area contributed by atoms with Crippen molar-refractivity contribution in [1.29, 1.82) is 0 Å². The predicted molar refractivity (Wildman–Crippen MR) is 122 cm³/mol. The van der Waals surface area contributed by atoms with E-state index < -0.39 is 36.5 Å². The van der Waals surface area contributed by atoms with Gasteiger partial charge in [0.15, 0.2) is 6.23 Å². The molecule has 3 heterocycles. The van der Waals surface area contributed by atoms with Crippen molar-refractivity contribution in [3.05, 3.63) is 58.9 Å². The number of aromatic nitrogens is 1. The number of alkyl halides is 2. The van der Waals surface area contributed by atoms with Crippen LogP contribution in [-0.2, 0) is 19.0 Å². The number of benzene rings is 1. The van der Waals surface area contributed by atoms with Gasteiger partial charge in [-0.25, -0.2) is 0 Å². The standard InChI is InChI=1S/C24H32F2N4O5/c1-13(2)35-16-4-7-19(27-11-16)24(25,26)23(34)28-10-14-3-5-17-15(9-14)12-30(22(17)33)18-6-8-20(31)29-21(18)32/h3-5,7,9,11,13,18,20-23,28-29,31-34H,6,8,10,12H2,1-2H3/t18?,20-,21+,22-,23+/m0/s1. The molecule has 0 bridgehead atoms. The molecule has 4 rings (SSSR count). The van der Waals surface area contributed by atoms with E-state index in [1.165, 1.54) is 12.3 Å². The first-order chi connectivity index (χ1) is 16.6. The summed E-state index contributed by atoms with van der Waals surface area (Å²) in [5.41, 5.74) is 1.55. The summed E-state index contributed by atoms with van der Waals surface area (Å²) in [6, 6.07) is 7.33. The van der Waals surface area contributed by atoms with Crippen molar-refractivity contribution in [3.63, 3.8) is 0 Å². The summed E-state index contributed by atoms with van der Waals surface area (Å²) >= 11 is 0. The monoisotopic (exact) mass is 494 g/mol. The number of aliphatic hydroxyl groups is 4. The van der Waals surface area contributed by atoms with Gasteiger partial charge in [0, 0.05) is 13.1 Å². The number of pyridine rings is 1. The Morgan fingerprint density at radius 1 is 1.20 bits per heavy atom. The van der Waals surface area contributed by atoms with Crippen LogP contribution < -0.4 is 15.4 Å². The van der Waals surface area contributed by atoms with E-state index in [0.29, 0.717) is 36.3 Å². The second-order valence-electron chi connectivity index (χ2n) is 9.30. The Balaban J connectivity index is 1.38. The lowest BCUT2D eigenvalue weighted by Crippen LogP contribution is -2.56. The molecule has 9 nitrogen and oxygen atoms in total. The van der Waals surface area contributed by atoms with Crippen molar-refractivity contribution in [2.45, 2.75) is 82.8 Å². The molecule has 6 N–H and O–H groups in total. The largest absolute Gasteiger partial charge is 0.489 e. The summed E-state index contributed by atoms with van der Waals surface area (Å²) in [7, 11) is 0. The molecule has 2 aliphatic heterocycles. The van der Waals surface area contributed by atoms with Gasteiger partial charge in [-0.1, -0.05) is 18.2 Å². The Morgan fingerprint density at radius 2 is 1.97 bits per heavy atom. The van der Waals surface area contributed by atoms with Crippen LogP contribution in [0, 0.1) is 0 Å². The normalized spacial score (nSPS) is 26.1. The third-order valence-electron chi connectivity index (χ3n) is 6.33. The summed E-state index contributed by atoms with van der Waals surface area (Å²) in [6.07, 6.45) is -2.82. The minimum atomic E-state index is -3.63. The van der Waals surface area contributed by atoms with Crippen LogP contribution in [0.15, 0.2) is 36.5 Å². The first kappa shape index (κ1) is 25.8. The summed E-state index contributed by atoms with van der Waals surface area (Å²) in [5.74, 6) is -3.27. The van der Waals surface area contributed by atoms with Crippen LogP contribution in [0.3, 0.4) is 0 Å². The highest BCUT2D eigenvalue weighted by molar-refractivity contribution is 5.37. The van der Waals surface area contributed by atoms with E-state index in [9.17, 15) is 29.2 Å². The number of nitrogens with one attached hydrogen (secondary N) is 2. The molecule has 1 unspecified atom stereocenters. The smallest absolute Gasteiger partial charge is 0.328 e. The third kappa shape index (κ3) is 5.61. The van der Waals surface area contributed by atoms with E-state index in [-0.39, 0.29) is 18.7 Å². The molecule has 2 aromatic rings. The SMILES string of the molecule is CC(C)Oc1ccc(C(F)(F)[C@@H](O)NCc2ccc3c(c2)CN(C2CC[C@H](O)N[C@@H]2O)[C@H]3O)nc1. The highest BCUT2D eigenvalue weighted by Crippen LogP contribution is 2.37. The van der Waals surface area contributed by atoms with Crippen LogP contribution in [0.5, 0.6) is 5.75 Å². The van der Waals surface area contributed by atoms with Gasteiger partial charge >= 0.3 is 5.92 Å². The number of hydrogen-bond acceptors (Lipinski definition) is 9. The molecule has 0 aliphatic carbocycles. The van der Waals surface area contributed by atoms with Gasteiger partial charge in [0.2, 0.25) is 0 Å². The minimum Gasteiger partial charge on any atom is -0.489 e. The Kier molecular flexibility index (Phi) is 7.67. The zero-order chi connectivity index (χ0) is 25.3. The molecule has 35 heavy (non-hydrogen) atoms. The van der Waals surface area contributed by atoms with Crippen molar-refractivity contribution in [2.24, 2.45) is 0 Å². The molecular formula is C24H32F2N4O5. The van der Waals surface area contributed by atoms with Gasteiger partial charge in [0.25, 0.3) is 0 Å². The molecule has 5 atom stereocenters. The topological polar surface area (TPSA) is 130 Å². The maximum atomic E-state index is 14.7. The Bertz CT molecular complexity index is 1010. The van der Waals surface area contributed by atoms with Gasteiger partial charge in [0.05, 0.1) is 18.3 Å². The third-order valence-corrected chi connectivity index (χ3v) is 6.33. The van der Waals surface area contributed by atoms with Crippen LogP contribution >= 0.6 is 0 Å². The molecule has 0 radical (unpaired) electrons. The molecule has 192 valence electrons. The number of rotatable bonds is 8. The number of fused-ring (bicyclic) bond motifs is 1. The summed E-state index contributed by atoms with van der Waals surface area (Å²) in [5, 5.41) is 46.0. The van der Waals surface area contributed by atoms with E-state index in [2.05, 4.69) is 15.6 Å². The van der Waals surface area contributed by atoms with Gasteiger partial charge in [0.1, 0.15) is 30.1 Å². The lowest BCUT2D eigenvalue weighted by atomic mass is 10.0. The van der Waals surface area contributed by atoms with Crippen molar-refractivity contribution in [3.8, 4) is 5.75 Å². The maximum absolute atomic E-state index is 14.7.